The van der Waals surface area contributed by atoms with Crippen LogP contribution in [-0.4, -0.2) is 15.0 Å². The van der Waals surface area contributed by atoms with Gasteiger partial charge in [0.05, 0.1) is 17.0 Å². The van der Waals surface area contributed by atoms with Gasteiger partial charge in [0.1, 0.15) is 0 Å². The summed E-state index contributed by atoms with van der Waals surface area (Å²) in [5.74, 6) is 1.75. The SMILES string of the molecule is CC1(C)c2ccccc2C2(c3ccccc3-c3c(-c4ccc(-c5nc(-c6ccccc6)nc(-c6ccc(C#N)cc6)n5)cc4)cccc32)c2ccccc21. The highest BCUT2D eigenvalue weighted by molar-refractivity contribution is 5.96. The lowest BCUT2D eigenvalue weighted by molar-refractivity contribution is 0.563. The van der Waals surface area contributed by atoms with E-state index < -0.39 is 5.41 Å². The summed E-state index contributed by atoms with van der Waals surface area (Å²) in [7, 11) is 0. The van der Waals surface area contributed by atoms with E-state index in [1.165, 1.54) is 50.1 Å². The van der Waals surface area contributed by atoms with E-state index in [9.17, 15) is 5.26 Å². The summed E-state index contributed by atoms with van der Waals surface area (Å²) >= 11 is 0. The lowest BCUT2D eigenvalue weighted by atomic mass is 9.55. The molecule has 4 nitrogen and oxygen atoms in total. The molecule has 0 saturated heterocycles. The van der Waals surface area contributed by atoms with Crippen LogP contribution in [0.5, 0.6) is 0 Å². The number of benzene rings is 7. The van der Waals surface area contributed by atoms with Gasteiger partial charge in [0.25, 0.3) is 0 Å². The summed E-state index contributed by atoms with van der Waals surface area (Å²) in [6.45, 7) is 4.72. The number of nitrogens with zero attached hydrogens (tertiary/aromatic N) is 4. The molecule has 1 spiro atoms. The molecule has 54 heavy (non-hydrogen) atoms. The number of nitriles is 1. The van der Waals surface area contributed by atoms with Crippen LogP contribution in [0, 0.1) is 11.3 Å². The van der Waals surface area contributed by atoms with Crippen LogP contribution in [0.3, 0.4) is 0 Å². The van der Waals surface area contributed by atoms with Crippen LogP contribution in [0.1, 0.15) is 52.8 Å². The average molecular weight is 691 g/mol. The van der Waals surface area contributed by atoms with Crippen LogP contribution in [0.2, 0.25) is 0 Å². The monoisotopic (exact) mass is 690 g/mol. The van der Waals surface area contributed by atoms with Gasteiger partial charge in [-0.3, -0.25) is 0 Å². The largest absolute Gasteiger partial charge is 0.208 e. The van der Waals surface area contributed by atoms with E-state index in [2.05, 4.69) is 135 Å². The minimum atomic E-state index is -0.439. The Balaban J connectivity index is 1.14. The van der Waals surface area contributed by atoms with Crippen molar-refractivity contribution in [1.82, 2.24) is 15.0 Å². The van der Waals surface area contributed by atoms with Crippen molar-refractivity contribution in [3.8, 4) is 62.5 Å². The van der Waals surface area contributed by atoms with Crippen molar-refractivity contribution in [2.75, 3.05) is 0 Å². The quantitative estimate of drug-likeness (QED) is 0.184. The van der Waals surface area contributed by atoms with E-state index in [4.69, 9.17) is 15.0 Å². The van der Waals surface area contributed by atoms with Crippen LogP contribution in [0.25, 0.3) is 56.4 Å². The third kappa shape index (κ3) is 4.58. The minimum Gasteiger partial charge on any atom is -0.208 e. The predicted octanol–water partition coefficient (Wildman–Crippen LogP) is 11.4. The maximum Gasteiger partial charge on any atom is 0.164 e. The molecule has 1 heterocycles. The number of hydrogen-bond donors (Lipinski definition) is 0. The number of rotatable bonds is 4. The number of hydrogen-bond acceptors (Lipinski definition) is 4. The fraction of sp³-hybridized carbons (Fsp3) is 0.0800. The zero-order valence-electron chi connectivity index (χ0n) is 30.0. The lowest BCUT2D eigenvalue weighted by Gasteiger charge is -2.46. The van der Waals surface area contributed by atoms with Gasteiger partial charge in [-0.15, -0.1) is 0 Å². The molecule has 0 N–H and O–H groups in total. The highest BCUT2D eigenvalue weighted by Gasteiger charge is 2.53. The van der Waals surface area contributed by atoms with E-state index in [0.717, 1.165) is 22.3 Å². The van der Waals surface area contributed by atoms with Gasteiger partial charge in [0, 0.05) is 22.1 Å². The normalized spacial score (nSPS) is 14.0. The second-order valence-corrected chi connectivity index (χ2v) is 14.7. The molecule has 7 aromatic carbocycles. The Kier molecular flexibility index (Phi) is 7.08. The van der Waals surface area contributed by atoms with Gasteiger partial charge in [0.15, 0.2) is 17.5 Å². The molecule has 10 rings (SSSR count). The number of fused-ring (bicyclic) bond motifs is 9. The Bertz CT molecular complexity index is 2740. The topological polar surface area (TPSA) is 62.5 Å². The summed E-state index contributed by atoms with van der Waals surface area (Å²) in [6, 6.07) is 62.1. The molecule has 0 fully saturated rings. The third-order valence-electron chi connectivity index (χ3n) is 11.5. The molecule has 2 aliphatic rings. The molecule has 0 unspecified atom stereocenters. The van der Waals surface area contributed by atoms with Gasteiger partial charge >= 0.3 is 0 Å². The standard InChI is InChI=1S/C50H34N4/c1-49(2)40-18-8-10-20-42(40)50(43-21-11-9-19-41(43)49)39-17-7-6-15-38(39)45-37(16-12-22-44(45)50)33-27-29-36(30-28-33)48-53-46(34-13-4-3-5-14-34)52-47(54-48)35-25-23-32(31-51)24-26-35/h3-30H,1-2H3. The molecule has 0 bridgehead atoms. The summed E-state index contributed by atoms with van der Waals surface area (Å²) in [5, 5.41) is 9.36. The number of aromatic nitrogens is 3. The summed E-state index contributed by atoms with van der Waals surface area (Å²) in [6.07, 6.45) is 0. The van der Waals surface area contributed by atoms with Crippen molar-refractivity contribution >= 4 is 0 Å². The van der Waals surface area contributed by atoms with Gasteiger partial charge in [-0.1, -0.05) is 159 Å². The molecule has 2 aliphatic carbocycles. The van der Waals surface area contributed by atoms with E-state index in [1.807, 2.05) is 42.5 Å². The molecule has 4 heteroatoms. The van der Waals surface area contributed by atoms with Crippen molar-refractivity contribution in [3.05, 3.63) is 209 Å². The van der Waals surface area contributed by atoms with Crippen molar-refractivity contribution in [3.63, 3.8) is 0 Å². The van der Waals surface area contributed by atoms with Crippen LogP contribution >= 0.6 is 0 Å². The maximum atomic E-state index is 9.36. The molecule has 0 amide bonds. The van der Waals surface area contributed by atoms with Crippen LogP contribution in [0.4, 0.5) is 0 Å². The fourth-order valence-electron chi connectivity index (χ4n) is 8.99. The Morgan fingerprint density at radius 2 is 0.815 bits per heavy atom. The molecule has 0 atom stereocenters. The van der Waals surface area contributed by atoms with Crippen molar-refractivity contribution in [1.29, 1.82) is 5.26 Å². The highest BCUT2D eigenvalue weighted by atomic mass is 15.0. The first-order valence-corrected chi connectivity index (χ1v) is 18.3. The Morgan fingerprint density at radius 3 is 1.39 bits per heavy atom. The van der Waals surface area contributed by atoms with Crippen molar-refractivity contribution in [2.24, 2.45) is 0 Å². The van der Waals surface area contributed by atoms with Gasteiger partial charge in [-0.25, -0.2) is 15.0 Å². The molecule has 0 radical (unpaired) electrons. The summed E-state index contributed by atoms with van der Waals surface area (Å²) in [5.41, 5.74) is 15.6. The fourth-order valence-corrected chi connectivity index (χ4v) is 8.99. The molecular formula is C50H34N4. The second kappa shape index (κ2) is 12.0. The molecule has 254 valence electrons. The Labute approximate surface area is 315 Å². The van der Waals surface area contributed by atoms with Gasteiger partial charge in [-0.2, -0.15) is 5.26 Å². The first-order valence-electron chi connectivity index (χ1n) is 18.3. The summed E-state index contributed by atoms with van der Waals surface area (Å²) in [4.78, 5) is 14.8. The maximum absolute atomic E-state index is 9.36. The predicted molar refractivity (Wildman–Crippen MR) is 216 cm³/mol. The second-order valence-electron chi connectivity index (χ2n) is 14.7. The van der Waals surface area contributed by atoms with Gasteiger partial charge in [-0.05, 0) is 79.9 Å². The van der Waals surface area contributed by atoms with E-state index in [0.29, 0.717) is 23.0 Å². The Hall–Kier alpha value is -6.96. The molecule has 1 aromatic heterocycles. The van der Waals surface area contributed by atoms with Crippen LogP contribution in [-0.2, 0) is 10.8 Å². The summed E-state index contributed by atoms with van der Waals surface area (Å²) < 4.78 is 0. The van der Waals surface area contributed by atoms with E-state index >= 15 is 0 Å². The first kappa shape index (κ1) is 31.7. The van der Waals surface area contributed by atoms with Gasteiger partial charge in [0.2, 0.25) is 0 Å². The third-order valence-corrected chi connectivity index (χ3v) is 11.5. The molecule has 8 aromatic rings. The van der Waals surface area contributed by atoms with Crippen LogP contribution in [0.15, 0.2) is 170 Å². The van der Waals surface area contributed by atoms with E-state index in [1.54, 1.807) is 12.1 Å². The van der Waals surface area contributed by atoms with Gasteiger partial charge < -0.3 is 0 Å². The molecule has 0 aliphatic heterocycles. The zero-order valence-corrected chi connectivity index (χ0v) is 30.0. The van der Waals surface area contributed by atoms with Crippen molar-refractivity contribution in [2.45, 2.75) is 24.7 Å². The molecular weight excluding hydrogens is 657 g/mol. The van der Waals surface area contributed by atoms with Crippen LogP contribution < -0.4 is 0 Å². The Morgan fingerprint density at radius 1 is 0.389 bits per heavy atom. The van der Waals surface area contributed by atoms with Crippen molar-refractivity contribution < 1.29 is 0 Å². The lowest BCUT2D eigenvalue weighted by Crippen LogP contribution is -2.40. The minimum absolute atomic E-state index is 0.140. The average Bonchev–Trinajstić information content (AvgIpc) is 3.54. The molecule has 0 saturated carbocycles. The smallest absolute Gasteiger partial charge is 0.164 e. The highest BCUT2D eigenvalue weighted by Crippen LogP contribution is 2.63. The van der Waals surface area contributed by atoms with E-state index in [-0.39, 0.29) is 5.41 Å². The zero-order chi connectivity index (χ0) is 36.4. The first-order chi connectivity index (χ1) is 26.5.